The summed E-state index contributed by atoms with van der Waals surface area (Å²) in [5.74, 6) is -0.0714. The largest absolute Gasteiger partial charge is 0.508 e. The van der Waals surface area contributed by atoms with Crippen molar-refractivity contribution in [3.8, 4) is 5.75 Å². The lowest BCUT2D eigenvalue weighted by molar-refractivity contribution is -0.143. The number of anilines is 1. The van der Waals surface area contributed by atoms with Gasteiger partial charge in [-0.05, 0) is 102 Å². The number of nitrogens with zero attached hydrogens (tertiary/aromatic N) is 1. The summed E-state index contributed by atoms with van der Waals surface area (Å²) >= 11 is 1.56. The maximum absolute atomic E-state index is 14.1. The van der Waals surface area contributed by atoms with Crippen LogP contribution >= 0.6 is 11.8 Å². The van der Waals surface area contributed by atoms with Crippen molar-refractivity contribution in [2.45, 2.75) is 78.6 Å². The molecule has 2 aromatic carbocycles. The van der Waals surface area contributed by atoms with Crippen LogP contribution in [0.25, 0.3) is 0 Å². The van der Waals surface area contributed by atoms with Gasteiger partial charge in [0.25, 0.3) is 5.91 Å². The minimum atomic E-state index is -1.02. The van der Waals surface area contributed by atoms with E-state index in [0.29, 0.717) is 29.0 Å². The first-order chi connectivity index (χ1) is 17.7. The molecule has 3 N–H and O–H groups in total. The van der Waals surface area contributed by atoms with Crippen LogP contribution in [-0.4, -0.2) is 57.6 Å². The number of rotatable bonds is 10. The maximum atomic E-state index is 14.1. The summed E-state index contributed by atoms with van der Waals surface area (Å²) in [6, 6.07) is 9.98. The second-order valence-corrected chi connectivity index (χ2v) is 11.6. The first-order valence-electron chi connectivity index (χ1n) is 12.7. The number of alkyl carbamates (subject to hydrolysis) is 1. The normalized spacial score (nSPS) is 13.0. The fraction of sp³-hybridized carbons (Fsp3) is 0.483. The summed E-state index contributed by atoms with van der Waals surface area (Å²) in [4.78, 5) is 42.1. The van der Waals surface area contributed by atoms with Crippen LogP contribution in [0.2, 0.25) is 0 Å². The molecular weight excluding hydrogens is 502 g/mol. The quantitative estimate of drug-likeness (QED) is 0.362. The van der Waals surface area contributed by atoms with Crippen LogP contribution in [0, 0.1) is 13.8 Å². The number of nitrogens with one attached hydrogen (secondary N) is 2. The summed E-state index contributed by atoms with van der Waals surface area (Å²) in [5.41, 5.74) is 1.93. The lowest BCUT2D eigenvalue weighted by Gasteiger charge is -2.37. The van der Waals surface area contributed by atoms with E-state index in [1.165, 1.54) is 11.0 Å². The fourth-order valence-corrected chi connectivity index (χ4v) is 4.48. The van der Waals surface area contributed by atoms with E-state index in [4.69, 9.17) is 4.74 Å². The van der Waals surface area contributed by atoms with Crippen molar-refractivity contribution < 1.29 is 24.2 Å². The number of phenols is 1. The Morgan fingerprint density at radius 1 is 1.05 bits per heavy atom. The molecule has 2 rings (SSSR count). The molecule has 0 bridgehead atoms. The van der Waals surface area contributed by atoms with E-state index in [1.54, 1.807) is 57.7 Å². The zero-order valence-corrected chi connectivity index (χ0v) is 24.4. The third-order valence-corrected chi connectivity index (χ3v) is 6.52. The zero-order chi connectivity index (χ0) is 28.6. The molecule has 0 saturated carbocycles. The van der Waals surface area contributed by atoms with Crippen molar-refractivity contribution in [3.63, 3.8) is 0 Å². The number of amides is 3. The highest BCUT2D eigenvalue weighted by atomic mass is 32.2. The smallest absolute Gasteiger partial charge is 0.408 e. The highest BCUT2D eigenvalue weighted by Crippen LogP contribution is 2.30. The van der Waals surface area contributed by atoms with Crippen molar-refractivity contribution in [1.29, 1.82) is 0 Å². The highest BCUT2D eigenvalue weighted by Gasteiger charge is 2.38. The molecule has 0 radical (unpaired) electrons. The van der Waals surface area contributed by atoms with Gasteiger partial charge in [-0.15, -0.1) is 0 Å². The van der Waals surface area contributed by atoms with E-state index >= 15 is 0 Å². The van der Waals surface area contributed by atoms with Gasteiger partial charge >= 0.3 is 6.09 Å². The number of carbonyl (C=O) groups is 3. The van der Waals surface area contributed by atoms with Gasteiger partial charge in [0.2, 0.25) is 5.91 Å². The molecule has 0 aliphatic carbocycles. The molecule has 0 heterocycles. The van der Waals surface area contributed by atoms with Gasteiger partial charge in [-0.2, -0.15) is 11.8 Å². The summed E-state index contributed by atoms with van der Waals surface area (Å²) < 4.78 is 5.42. The molecule has 2 unspecified atom stereocenters. The molecule has 208 valence electrons. The summed E-state index contributed by atoms with van der Waals surface area (Å²) in [6.07, 6.45) is 1.60. The highest BCUT2D eigenvalue weighted by molar-refractivity contribution is 7.98. The molecule has 0 aromatic heterocycles. The molecular formula is C29H41N3O5S. The van der Waals surface area contributed by atoms with E-state index < -0.39 is 35.6 Å². The summed E-state index contributed by atoms with van der Waals surface area (Å²) in [5, 5.41) is 15.8. The van der Waals surface area contributed by atoms with E-state index in [9.17, 15) is 19.5 Å². The minimum Gasteiger partial charge on any atom is -0.508 e. The third kappa shape index (κ3) is 8.68. The zero-order valence-electron chi connectivity index (χ0n) is 23.6. The van der Waals surface area contributed by atoms with E-state index in [0.717, 1.165) is 5.56 Å². The van der Waals surface area contributed by atoms with Crippen LogP contribution in [0.15, 0.2) is 42.5 Å². The maximum Gasteiger partial charge on any atom is 0.408 e. The molecule has 9 heteroatoms. The first-order valence-corrected chi connectivity index (χ1v) is 14.1. The number of aromatic hydroxyl groups is 1. The molecule has 2 atom stereocenters. The van der Waals surface area contributed by atoms with Crippen molar-refractivity contribution in [1.82, 2.24) is 10.2 Å². The van der Waals surface area contributed by atoms with Gasteiger partial charge in [-0.3, -0.25) is 9.59 Å². The van der Waals surface area contributed by atoms with Crippen LogP contribution in [-0.2, 0) is 14.3 Å². The molecule has 8 nitrogen and oxygen atoms in total. The van der Waals surface area contributed by atoms with Crippen LogP contribution in [0.4, 0.5) is 10.5 Å². The van der Waals surface area contributed by atoms with E-state index in [1.807, 2.05) is 45.2 Å². The molecule has 2 aromatic rings. The Labute approximate surface area is 230 Å². The summed E-state index contributed by atoms with van der Waals surface area (Å²) in [6.45, 7) is 12.6. The molecule has 38 heavy (non-hydrogen) atoms. The Kier molecular flexibility index (Phi) is 11.1. The van der Waals surface area contributed by atoms with Crippen molar-refractivity contribution >= 4 is 35.4 Å². The van der Waals surface area contributed by atoms with Crippen molar-refractivity contribution in [2.75, 3.05) is 17.3 Å². The molecule has 0 saturated heterocycles. The monoisotopic (exact) mass is 543 g/mol. The standard InChI is InChI=1S/C29H41N3O5S/c1-18(2)32(27(35)23(15-16-38-8)31-28(36)37-29(5,6)7)25(21-13-14-24(33)20(4)17-21)26(34)30-22-12-10-9-11-19(22)3/h9-14,17-18,23,25,33H,15-16H2,1-8H3,(H,30,34)(H,31,36). The lowest BCUT2D eigenvalue weighted by Crippen LogP contribution is -2.54. The van der Waals surface area contributed by atoms with Crippen LogP contribution in [0.3, 0.4) is 0 Å². The van der Waals surface area contributed by atoms with Gasteiger partial charge in [0, 0.05) is 11.7 Å². The number of hydrogen-bond donors (Lipinski definition) is 3. The number of aryl methyl sites for hydroxylation is 2. The fourth-order valence-electron chi connectivity index (χ4n) is 4.00. The lowest BCUT2D eigenvalue weighted by atomic mass is 9.98. The second-order valence-electron chi connectivity index (χ2n) is 10.6. The van der Waals surface area contributed by atoms with Gasteiger partial charge in [-0.1, -0.05) is 24.3 Å². The Morgan fingerprint density at radius 3 is 2.26 bits per heavy atom. The average molecular weight is 544 g/mol. The molecule has 0 aliphatic rings. The molecule has 3 amide bonds. The van der Waals surface area contributed by atoms with Crippen LogP contribution < -0.4 is 10.6 Å². The van der Waals surface area contributed by atoms with Gasteiger partial charge in [-0.25, -0.2) is 4.79 Å². The number of phenolic OH excluding ortho intramolecular Hbond substituents is 1. The number of para-hydroxylation sites is 1. The minimum absolute atomic E-state index is 0.0960. The predicted octanol–water partition coefficient (Wildman–Crippen LogP) is 5.57. The van der Waals surface area contributed by atoms with Gasteiger partial charge < -0.3 is 25.4 Å². The third-order valence-electron chi connectivity index (χ3n) is 5.88. The van der Waals surface area contributed by atoms with Gasteiger partial charge in [0.15, 0.2) is 0 Å². The Balaban J connectivity index is 2.54. The van der Waals surface area contributed by atoms with E-state index in [-0.39, 0.29) is 11.8 Å². The van der Waals surface area contributed by atoms with E-state index in [2.05, 4.69) is 10.6 Å². The average Bonchev–Trinajstić information content (AvgIpc) is 2.81. The number of carbonyl (C=O) groups excluding carboxylic acids is 3. The number of thioether (sulfide) groups is 1. The molecule has 0 aliphatic heterocycles. The van der Waals surface area contributed by atoms with Crippen molar-refractivity contribution in [2.24, 2.45) is 0 Å². The molecule has 0 fully saturated rings. The molecule has 0 spiro atoms. The second kappa shape index (κ2) is 13.6. The summed E-state index contributed by atoms with van der Waals surface area (Å²) in [7, 11) is 0. The number of benzene rings is 2. The Morgan fingerprint density at radius 2 is 1.71 bits per heavy atom. The predicted molar refractivity (Wildman–Crippen MR) is 154 cm³/mol. The topological polar surface area (TPSA) is 108 Å². The number of ether oxygens (including phenoxy) is 1. The van der Waals surface area contributed by atoms with Crippen molar-refractivity contribution in [3.05, 3.63) is 59.2 Å². The van der Waals surface area contributed by atoms with Gasteiger partial charge in [0.1, 0.15) is 23.4 Å². The van der Waals surface area contributed by atoms with Crippen LogP contribution in [0.5, 0.6) is 5.75 Å². The number of hydrogen-bond acceptors (Lipinski definition) is 6. The Hall–Kier alpha value is -3.20. The first kappa shape index (κ1) is 31.0. The van der Waals surface area contributed by atoms with Crippen LogP contribution in [0.1, 0.15) is 63.8 Å². The Bertz CT molecular complexity index is 1130. The SMILES string of the molecule is CSCCC(NC(=O)OC(C)(C)C)C(=O)N(C(C)C)C(C(=O)Nc1ccccc1C)c1ccc(O)c(C)c1. The van der Waals surface area contributed by atoms with Gasteiger partial charge in [0.05, 0.1) is 0 Å².